The van der Waals surface area contributed by atoms with E-state index in [1.54, 1.807) is 11.3 Å². The number of nitrogens with one attached hydrogen (secondary N) is 2. The van der Waals surface area contributed by atoms with E-state index in [4.69, 9.17) is 0 Å². The molecule has 0 aliphatic rings. The Morgan fingerprint density at radius 2 is 2.18 bits per heavy atom. The third kappa shape index (κ3) is 5.86. The largest absolute Gasteiger partial charge is 0.356 e. The van der Waals surface area contributed by atoms with Crippen molar-refractivity contribution < 1.29 is 4.79 Å². The monoisotopic (exact) mass is 340 g/mol. The molecule has 1 atom stereocenters. The maximum Gasteiger partial charge on any atom is 0.228 e. The molecule has 0 aliphatic carbocycles. The van der Waals surface area contributed by atoms with E-state index in [0.717, 1.165) is 28.2 Å². The summed E-state index contributed by atoms with van der Waals surface area (Å²) in [5.74, 6) is 0.0383. The highest BCUT2D eigenvalue weighted by Crippen LogP contribution is 2.28. The van der Waals surface area contributed by atoms with Gasteiger partial charge in [-0.05, 0) is 55.0 Å². The van der Waals surface area contributed by atoms with E-state index >= 15 is 0 Å². The van der Waals surface area contributed by atoms with Crippen molar-refractivity contribution in [1.29, 1.82) is 0 Å². The van der Waals surface area contributed by atoms with Crippen LogP contribution >= 0.6 is 39.7 Å². The lowest BCUT2D eigenvalue weighted by Crippen LogP contribution is -2.29. The van der Waals surface area contributed by atoms with E-state index in [9.17, 15) is 4.79 Å². The minimum atomic E-state index is -0.0640. The minimum Gasteiger partial charge on any atom is -0.356 e. The quantitative estimate of drug-likeness (QED) is 0.781. The Morgan fingerprint density at radius 3 is 2.71 bits per heavy atom. The summed E-state index contributed by atoms with van der Waals surface area (Å²) >= 11 is 5.01. The van der Waals surface area contributed by atoms with Gasteiger partial charge in [-0.25, -0.2) is 0 Å². The van der Waals surface area contributed by atoms with Crippen molar-refractivity contribution in [1.82, 2.24) is 10.6 Å². The van der Waals surface area contributed by atoms with Crippen LogP contribution in [-0.4, -0.2) is 26.0 Å². The molecule has 0 radical (unpaired) electrons. The highest BCUT2D eigenvalue weighted by atomic mass is 79.9. The molecule has 6 heteroatoms. The average molecular weight is 342 g/mol. The first-order valence-electron chi connectivity index (χ1n) is 5.32. The molecule has 0 saturated carbocycles. The van der Waals surface area contributed by atoms with Crippen LogP contribution in [0.25, 0.3) is 0 Å². The molecule has 0 bridgehead atoms. The predicted molar refractivity (Wildman–Crippen MR) is 79.2 cm³/mol. The smallest absolute Gasteiger partial charge is 0.228 e. The zero-order valence-corrected chi connectivity index (χ0v) is 13.2. The third-order valence-electron chi connectivity index (χ3n) is 2.32. The van der Waals surface area contributed by atoms with Gasteiger partial charge < -0.3 is 10.6 Å². The van der Waals surface area contributed by atoms with Crippen molar-refractivity contribution in [2.45, 2.75) is 19.3 Å². The summed E-state index contributed by atoms with van der Waals surface area (Å²) in [5, 5.41) is 5.99. The fraction of sp³-hybridized carbons (Fsp3) is 0.545. The Morgan fingerprint density at radius 1 is 1.47 bits per heavy atom. The second-order valence-electron chi connectivity index (χ2n) is 3.61. The number of carbonyl (C=O) groups excluding carboxylic acids is 1. The molecule has 1 unspecified atom stereocenters. The third-order valence-corrected chi connectivity index (χ3v) is 4.12. The first-order valence-corrected chi connectivity index (χ1v) is 6.93. The second kappa shape index (κ2) is 8.91. The van der Waals surface area contributed by atoms with Gasteiger partial charge in [-0.2, -0.15) is 0 Å². The maximum absolute atomic E-state index is 11.8. The highest BCUT2D eigenvalue weighted by Gasteiger charge is 2.16. The molecule has 17 heavy (non-hydrogen) atoms. The maximum atomic E-state index is 11.8. The van der Waals surface area contributed by atoms with Gasteiger partial charge in [0.15, 0.2) is 0 Å². The highest BCUT2D eigenvalue weighted by molar-refractivity contribution is 9.11. The van der Waals surface area contributed by atoms with Crippen molar-refractivity contribution in [3.8, 4) is 0 Å². The van der Waals surface area contributed by atoms with Gasteiger partial charge in [-0.3, -0.25) is 4.79 Å². The van der Waals surface area contributed by atoms with Gasteiger partial charge in [-0.15, -0.1) is 23.7 Å². The lowest BCUT2D eigenvalue weighted by atomic mass is 10.1. The number of rotatable bonds is 6. The summed E-state index contributed by atoms with van der Waals surface area (Å²) in [5.41, 5.74) is 0. The molecule has 0 spiro atoms. The molecule has 0 aromatic carbocycles. The number of hydrogen-bond donors (Lipinski definition) is 2. The number of carbonyl (C=O) groups is 1. The fourth-order valence-corrected chi connectivity index (χ4v) is 2.79. The van der Waals surface area contributed by atoms with Crippen LogP contribution in [0.4, 0.5) is 0 Å². The van der Waals surface area contributed by atoms with Crippen molar-refractivity contribution >= 4 is 45.6 Å². The van der Waals surface area contributed by atoms with E-state index in [1.807, 2.05) is 26.1 Å². The van der Waals surface area contributed by atoms with Gasteiger partial charge in [0.2, 0.25) is 5.91 Å². The fourth-order valence-electron chi connectivity index (χ4n) is 1.32. The Bertz CT molecular complexity index is 346. The molecule has 0 saturated heterocycles. The van der Waals surface area contributed by atoms with Crippen molar-refractivity contribution in [3.05, 3.63) is 20.8 Å². The van der Waals surface area contributed by atoms with Gasteiger partial charge >= 0.3 is 0 Å². The summed E-state index contributed by atoms with van der Waals surface area (Å²) in [4.78, 5) is 12.9. The van der Waals surface area contributed by atoms with E-state index in [2.05, 4.69) is 26.6 Å². The van der Waals surface area contributed by atoms with Crippen LogP contribution in [0, 0.1) is 0 Å². The average Bonchev–Trinajstić information content (AvgIpc) is 2.70. The van der Waals surface area contributed by atoms with E-state index < -0.39 is 0 Å². The number of amides is 1. The molecule has 1 heterocycles. The summed E-state index contributed by atoms with van der Waals surface area (Å²) < 4.78 is 1.07. The molecule has 1 aromatic rings. The van der Waals surface area contributed by atoms with Crippen LogP contribution in [0.3, 0.4) is 0 Å². The van der Waals surface area contributed by atoms with Crippen LogP contribution in [-0.2, 0) is 4.79 Å². The van der Waals surface area contributed by atoms with Crippen LogP contribution < -0.4 is 10.6 Å². The molecule has 3 nitrogen and oxygen atoms in total. The Kier molecular flexibility index (Phi) is 8.86. The Balaban J connectivity index is 0.00000256. The van der Waals surface area contributed by atoms with Gasteiger partial charge in [0, 0.05) is 11.4 Å². The topological polar surface area (TPSA) is 41.1 Å². The number of hydrogen-bond acceptors (Lipinski definition) is 3. The molecular formula is C11H18BrClN2OS. The molecule has 1 aromatic heterocycles. The van der Waals surface area contributed by atoms with Crippen molar-refractivity contribution in [2.24, 2.45) is 0 Å². The SMILES string of the molecule is CNCCCNC(=O)C(C)c1ccc(Br)s1.Cl. The van der Waals surface area contributed by atoms with Crippen LogP contribution in [0.15, 0.2) is 15.9 Å². The van der Waals surface area contributed by atoms with E-state index in [0.29, 0.717) is 0 Å². The number of thiophene rings is 1. The predicted octanol–water partition coefficient (Wildman–Crippen LogP) is 2.76. The Labute approximate surface area is 121 Å². The zero-order valence-electron chi connectivity index (χ0n) is 9.96. The molecule has 0 aliphatic heterocycles. The van der Waals surface area contributed by atoms with Gasteiger partial charge in [0.1, 0.15) is 0 Å². The van der Waals surface area contributed by atoms with Crippen molar-refractivity contribution in [3.63, 3.8) is 0 Å². The molecule has 1 amide bonds. The van der Waals surface area contributed by atoms with Crippen LogP contribution in [0.1, 0.15) is 24.1 Å². The standard InChI is InChI=1S/C11H17BrN2OS.ClH/c1-8(9-4-5-10(12)16-9)11(15)14-7-3-6-13-2;/h4-5,8,13H,3,6-7H2,1-2H3,(H,14,15);1H. The van der Waals surface area contributed by atoms with Crippen LogP contribution in [0.2, 0.25) is 0 Å². The second-order valence-corrected chi connectivity index (χ2v) is 6.11. The van der Waals surface area contributed by atoms with Gasteiger partial charge in [0.25, 0.3) is 0 Å². The van der Waals surface area contributed by atoms with E-state index in [1.165, 1.54) is 0 Å². The van der Waals surface area contributed by atoms with Gasteiger partial charge in [0.05, 0.1) is 9.70 Å². The lowest BCUT2D eigenvalue weighted by Gasteiger charge is -2.10. The molecular weight excluding hydrogens is 324 g/mol. The lowest BCUT2D eigenvalue weighted by molar-refractivity contribution is -0.122. The zero-order chi connectivity index (χ0) is 12.0. The number of halogens is 2. The normalized spacial score (nSPS) is 11.7. The summed E-state index contributed by atoms with van der Waals surface area (Å²) in [6, 6.07) is 3.97. The first-order chi connectivity index (χ1) is 7.65. The molecule has 2 N–H and O–H groups in total. The van der Waals surface area contributed by atoms with Crippen LogP contribution in [0.5, 0.6) is 0 Å². The summed E-state index contributed by atoms with van der Waals surface area (Å²) in [7, 11) is 1.91. The molecule has 1 rings (SSSR count). The summed E-state index contributed by atoms with van der Waals surface area (Å²) in [6.07, 6.45) is 0.961. The Hall–Kier alpha value is -0.100. The molecule has 0 fully saturated rings. The summed E-state index contributed by atoms with van der Waals surface area (Å²) in [6.45, 7) is 3.60. The van der Waals surface area contributed by atoms with Crippen molar-refractivity contribution in [2.75, 3.05) is 20.1 Å². The first kappa shape index (κ1) is 16.9. The van der Waals surface area contributed by atoms with Gasteiger partial charge in [-0.1, -0.05) is 0 Å². The van der Waals surface area contributed by atoms with E-state index in [-0.39, 0.29) is 24.2 Å². The minimum absolute atomic E-state index is 0. The molecule has 98 valence electrons.